The molecule has 0 aromatic carbocycles. The molecule has 3 N–H and O–H groups in total. The summed E-state index contributed by atoms with van der Waals surface area (Å²) >= 11 is 0. The van der Waals surface area contributed by atoms with Gasteiger partial charge in [-0.15, -0.1) is 0 Å². The highest BCUT2D eigenvalue weighted by Gasteiger charge is 2.50. The lowest BCUT2D eigenvalue weighted by molar-refractivity contribution is -0.0954. The maximum Gasteiger partial charge on any atom is 0.0687 e. The molecule has 1 heterocycles. The molecule has 0 radical (unpaired) electrons. The van der Waals surface area contributed by atoms with Gasteiger partial charge in [0.15, 0.2) is 0 Å². The minimum Gasteiger partial charge on any atom is -0.392 e. The van der Waals surface area contributed by atoms with E-state index in [1.165, 1.54) is 0 Å². The number of aliphatic hydroxyl groups is 1. The van der Waals surface area contributed by atoms with Crippen molar-refractivity contribution in [1.82, 2.24) is 0 Å². The quantitative estimate of drug-likeness (QED) is 0.795. The molecule has 0 spiro atoms. The largest absolute Gasteiger partial charge is 0.392 e. The van der Waals surface area contributed by atoms with E-state index in [0.717, 1.165) is 6.42 Å². The first-order valence-corrected chi connectivity index (χ1v) is 6.69. The Kier molecular flexibility index (Phi) is 4.28. The second kappa shape index (κ2) is 4.87. The summed E-state index contributed by atoms with van der Waals surface area (Å²) in [4.78, 5) is 0. The van der Waals surface area contributed by atoms with Crippen molar-refractivity contribution in [2.45, 2.75) is 65.3 Å². The summed E-state index contributed by atoms with van der Waals surface area (Å²) < 4.78 is 6.04. The van der Waals surface area contributed by atoms with Crippen LogP contribution in [-0.2, 0) is 4.74 Å². The van der Waals surface area contributed by atoms with Crippen molar-refractivity contribution < 1.29 is 9.84 Å². The Morgan fingerprint density at radius 1 is 1.29 bits per heavy atom. The molecular weight excluding hydrogens is 214 g/mol. The molecule has 1 fully saturated rings. The van der Waals surface area contributed by atoms with Gasteiger partial charge >= 0.3 is 0 Å². The predicted octanol–water partition coefficient (Wildman–Crippen LogP) is 2.17. The van der Waals surface area contributed by atoms with Gasteiger partial charge in [0.05, 0.1) is 17.3 Å². The van der Waals surface area contributed by atoms with Gasteiger partial charge < -0.3 is 15.6 Å². The second-order valence-electron chi connectivity index (χ2n) is 6.91. The molecule has 0 saturated carbocycles. The normalized spacial score (nSPS) is 30.5. The van der Waals surface area contributed by atoms with Gasteiger partial charge in [-0.2, -0.15) is 0 Å². The van der Waals surface area contributed by atoms with Crippen molar-refractivity contribution in [2.75, 3.05) is 6.54 Å². The number of nitrogens with two attached hydrogens (primary N) is 1. The standard InChI is InChI=1S/C14H29NO2/c1-9(2)10(8-15)12(16)11-7-13(3,4)17-14(11,5)6/h9-12,16H,7-8,15H2,1-6H3. The minimum absolute atomic E-state index is 0.148. The number of rotatable bonds is 4. The second-order valence-corrected chi connectivity index (χ2v) is 6.91. The van der Waals surface area contributed by atoms with Gasteiger partial charge in [0.2, 0.25) is 0 Å². The first-order valence-electron chi connectivity index (χ1n) is 6.69. The van der Waals surface area contributed by atoms with E-state index in [1.807, 2.05) is 0 Å². The molecule has 102 valence electrons. The molecule has 1 aliphatic rings. The Labute approximate surface area is 106 Å². The predicted molar refractivity (Wildman–Crippen MR) is 70.7 cm³/mol. The Hall–Kier alpha value is -0.120. The first kappa shape index (κ1) is 14.9. The molecule has 0 amide bonds. The summed E-state index contributed by atoms with van der Waals surface area (Å²) in [6.07, 6.45) is 0.515. The highest BCUT2D eigenvalue weighted by molar-refractivity contribution is 4.99. The van der Waals surface area contributed by atoms with E-state index in [9.17, 15) is 5.11 Å². The average molecular weight is 243 g/mol. The molecule has 0 aromatic rings. The monoisotopic (exact) mass is 243 g/mol. The molecule has 0 aliphatic carbocycles. The number of hydrogen-bond donors (Lipinski definition) is 2. The minimum atomic E-state index is -0.378. The van der Waals surface area contributed by atoms with Crippen LogP contribution in [0.5, 0.6) is 0 Å². The van der Waals surface area contributed by atoms with Crippen LogP contribution in [0, 0.1) is 17.8 Å². The van der Waals surface area contributed by atoms with Gasteiger partial charge in [0.1, 0.15) is 0 Å². The maximum atomic E-state index is 10.6. The fraction of sp³-hybridized carbons (Fsp3) is 1.00. The summed E-state index contributed by atoms with van der Waals surface area (Å²) in [7, 11) is 0. The van der Waals surface area contributed by atoms with E-state index >= 15 is 0 Å². The van der Waals surface area contributed by atoms with Crippen LogP contribution in [-0.4, -0.2) is 29.0 Å². The molecule has 17 heavy (non-hydrogen) atoms. The van der Waals surface area contributed by atoms with E-state index in [4.69, 9.17) is 10.5 Å². The van der Waals surface area contributed by atoms with Crippen LogP contribution in [0.25, 0.3) is 0 Å². The average Bonchev–Trinajstić information content (AvgIpc) is 2.34. The van der Waals surface area contributed by atoms with Crippen LogP contribution in [0.1, 0.15) is 48.0 Å². The smallest absolute Gasteiger partial charge is 0.0687 e. The number of ether oxygens (including phenoxy) is 1. The summed E-state index contributed by atoms with van der Waals surface area (Å²) in [6.45, 7) is 13.1. The summed E-state index contributed by atoms with van der Waals surface area (Å²) in [5.74, 6) is 0.708. The third-order valence-corrected chi connectivity index (χ3v) is 4.12. The van der Waals surface area contributed by atoms with Gasteiger partial charge in [-0.3, -0.25) is 0 Å². The molecule has 3 nitrogen and oxygen atoms in total. The Balaban J connectivity index is 2.85. The van der Waals surface area contributed by atoms with E-state index in [1.54, 1.807) is 0 Å². The van der Waals surface area contributed by atoms with Crippen LogP contribution in [0.4, 0.5) is 0 Å². The molecule has 3 unspecified atom stereocenters. The fourth-order valence-corrected chi connectivity index (χ4v) is 3.24. The van der Waals surface area contributed by atoms with Gasteiger partial charge in [-0.05, 0) is 52.5 Å². The number of aliphatic hydroxyl groups excluding tert-OH is 1. The van der Waals surface area contributed by atoms with E-state index in [0.29, 0.717) is 12.5 Å². The van der Waals surface area contributed by atoms with Crippen molar-refractivity contribution in [1.29, 1.82) is 0 Å². The maximum absolute atomic E-state index is 10.6. The lowest BCUT2D eigenvalue weighted by Crippen LogP contribution is -2.44. The van der Waals surface area contributed by atoms with Crippen molar-refractivity contribution in [2.24, 2.45) is 23.5 Å². The van der Waals surface area contributed by atoms with Crippen LogP contribution in [0.3, 0.4) is 0 Å². The third-order valence-electron chi connectivity index (χ3n) is 4.12. The van der Waals surface area contributed by atoms with Crippen LogP contribution in [0.2, 0.25) is 0 Å². The molecular formula is C14H29NO2. The topological polar surface area (TPSA) is 55.5 Å². The molecule has 3 heteroatoms. The number of hydrogen-bond acceptors (Lipinski definition) is 3. The van der Waals surface area contributed by atoms with E-state index < -0.39 is 0 Å². The molecule has 1 saturated heterocycles. The zero-order chi connectivity index (χ0) is 13.4. The molecule has 1 rings (SSSR count). The molecule has 0 bridgehead atoms. The highest BCUT2D eigenvalue weighted by Crippen LogP contribution is 2.45. The van der Waals surface area contributed by atoms with Gasteiger partial charge in [-0.1, -0.05) is 13.8 Å². The first-order chi connectivity index (χ1) is 7.60. The Bertz CT molecular complexity index is 261. The fourth-order valence-electron chi connectivity index (χ4n) is 3.24. The molecule has 3 atom stereocenters. The van der Waals surface area contributed by atoms with Gasteiger partial charge in [0, 0.05) is 5.92 Å². The zero-order valence-electron chi connectivity index (χ0n) is 12.2. The van der Waals surface area contributed by atoms with Crippen molar-refractivity contribution >= 4 is 0 Å². The summed E-state index contributed by atoms with van der Waals surface area (Å²) in [5, 5.41) is 10.6. The molecule has 0 aromatic heterocycles. The van der Waals surface area contributed by atoms with Crippen molar-refractivity contribution in [3.05, 3.63) is 0 Å². The van der Waals surface area contributed by atoms with Crippen LogP contribution in [0.15, 0.2) is 0 Å². The lowest BCUT2D eigenvalue weighted by atomic mass is 9.75. The summed E-state index contributed by atoms with van der Waals surface area (Å²) in [5.41, 5.74) is 5.38. The van der Waals surface area contributed by atoms with Gasteiger partial charge in [0.25, 0.3) is 0 Å². The van der Waals surface area contributed by atoms with Crippen LogP contribution >= 0.6 is 0 Å². The lowest BCUT2D eigenvalue weighted by Gasteiger charge is -2.35. The SMILES string of the molecule is CC(C)C(CN)C(O)C1CC(C)(C)OC1(C)C. The highest BCUT2D eigenvalue weighted by atomic mass is 16.5. The Morgan fingerprint density at radius 2 is 1.82 bits per heavy atom. The van der Waals surface area contributed by atoms with Crippen molar-refractivity contribution in [3.63, 3.8) is 0 Å². The zero-order valence-corrected chi connectivity index (χ0v) is 12.2. The van der Waals surface area contributed by atoms with Crippen molar-refractivity contribution in [3.8, 4) is 0 Å². The Morgan fingerprint density at radius 3 is 2.12 bits per heavy atom. The van der Waals surface area contributed by atoms with Crippen LogP contribution < -0.4 is 5.73 Å². The molecule has 1 aliphatic heterocycles. The van der Waals surface area contributed by atoms with E-state index in [2.05, 4.69) is 41.5 Å². The summed E-state index contributed by atoms with van der Waals surface area (Å²) in [6, 6.07) is 0. The van der Waals surface area contributed by atoms with Gasteiger partial charge in [-0.25, -0.2) is 0 Å². The van der Waals surface area contributed by atoms with E-state index in [-0.39, 0.29) is 29.1 Å². The third kappa shape index (κ3) is 3.21.